The van der Waals surface area contributed by atoms with Crippen molar-refractivity contribution in [2.45, 2.75) is 6.92 Å². The molecule has 0 unspecified atom stereocenters. The highest BCUT2D eigenvalue weighted by Crippen LogP contribution is 1.94. The molecule has 7 heavy (non-hydrogen) atoms. The first-order valence-corrected chi connectivity index (χ1v) is 2.03. The maximum Gasteiger partial charge on any atom is 0.229 e. The molecule has 0 aliphatic heterocycles. The summed E-state index contributed by atoms with van der Waals surface area (Å²) < 4.78 is 0. The van der Waals surface area contributed by atoms with Crippen molar-refractivity contribution >= 4 is 5.78 Å². The Morgan fingerprint density at radius 1 is 1.57 bits per heavy atom. The largest absolute Gasteiger partial charge is 0.280 e. The van der Waals surface area contributed by atoms with Crippen LogP contribution >= 0.6 is 0 Å². The molecule has 1 heteroatoms. The number of allylic oxidation sites excluding steroid dienone is 2. The highest BCUT2D eigenvalue weighted by atomic mass is 16.1. The molecule has 1 aliphatic carbocycles. The molecule has 0 bridgehead atoms. The van der Waals surface area contributed by atoms with E-state index in [1.165, 1.54) is 6.08 Å². The van der Waals surface area contributed by atoms with E-state index in [0.717, 1.165) is 5.57 Å². The van der Waals surface area contributed by atoms with Gasteiger partial charge in [0.25, 0.3) is 0 Å². The van der Waals surface area contributed by atoms with Crippen LogP contribution in [0.25, 0.3) is 0 Å². The standard InChI is InChI=1S/C6H4O/c1-5-2-3-6(7)4-5/h4H,1H3. The van der Waals surface area contributed by atoms with E-state index in [9.17, 15) is 4.79 Å². The number of hydrogen-bond acceptors (Lipinski definition) is 1. The Balaban J connectivity index is 2.98. The molecule has 34 valence electrons. The lowest BCUT2D eigenvalue weighted by Gasteiger charge is -1.69. The van der Waals surface area contributed by atoms with Crippen LogP contribution in [-0.4, -0.2) is 5.78 Å². The third-order valence-corrected chi connectivity index (χ3v) is 0.730. The molecule has 0 fully saturated rings. The molecule has 0 radical (unpaired) electrons. The number of carbonyl (C=O) groups excluding carboxylic acids is 1. The van der Waals surface area contributed by atoms with Gasteiger partial charge in [-0.05, 0) is 12.8 Å². The van der Waals surface area contributed by atoms with E-state index in [1.54, 1.807) is 0 Å². The molecule has 1 nitrogen and oxygen atoms in total. The number of hydrogen-bond donors (Lipinski definition) is 0. The van der Waals surface area contributed by atoms with Crippen molar-refractivity contribution in [1.82, 2.24) is 0 Å². The minimum atomic E-state index is -0.0718. The molecule has 0 saturated heterocycles. The van der Waals surface area contributed by atoms with Crippen LogP contribution in [0.4, 0.5) is 0 Å². The van der Waals surface area contributed by atoms with Gasteiger partial charge in [0.05, 0.1) is 0 Å². The topological polar surface area (TPSA) is 17.1 Å². The molecule has 0 saturated carbocycles. The van der Waals surface area contributed by atoms with Gasteiger partial charge >= 0.3 is 0 Å². The summed E-state index contributed by atoms with van der Waals surface area (Å²) in [5, 5.41) is 0. The molecule has 1 rings (SSSR count). The summed E-state index contributed by atoms with van der Waals surface area (Å²) in [6.45, 7) is 1.82. The Kier molecular flexibility index (Phi) is 0.729. The van der Waals surface area contributed by atoms with Crippen molar-refractivity contribution < 1.29 is 4.79 Å². The zero-order chi connectivity index (χ0) is 5.28. The Morgan fingerprint density at radius 3 is 2.43 bits per heavy atom. The molecular formula is C6H4O. The first-order valence-electron chi connectivity index (χ1n) is 2.03. The molecule has 0 spiro atoms. The molecule has 0 aromatic rings. The van der Waals surface area contributed by atoms with Crippen LogP contribution in [0.3, 0.4) is 0 Å². The minimum absolute atomic E-state index is 0.0718. The van der Waals surface area contributed by atoms with Crippen molar-refractivity contribution in [3.63, 3.8) is 0 Å². The van der Waals surface area contributed by atoms with Gasteiger partial charge in [-0.3, -0.25) is 4.79 Å². The minimum Gasteiger partial charge on any atom is -0.280 e. The first kappa shape index (κ1) is 4.14. The van der Waals surface area contributed by atoms with Crippen molar-refractivity contribution in [3.05, 3.63) is 11.6 Å². The quantitative estimate of drug-likeness (QED) is 0.314. The number of carbonyl (C=O) groups is 1. The van der Waals surface area contributed by atoms with Gasteiger partial charge in [0, 0.05) is 11.6 Å². The Labute approximate surface area is 42.0 Å². The summed E-state index contributed by atoms with van der Waals surface area (Å²) in [4.78, 5) is 10.2. The Bertz CT molecular complexity index is 188. The van der Waals surface area contributed by atoms with Crippen LogP contribution in [0.1, 0.15) is 6.92 Å². The Hall–Kier alpha value is -1.03. The van der Waals surface area contributed by atoms with Crippen molar-refractivity contribution in [2.75, 3.05) is 0 Å². The molecule has 0 amide bonds. The third kappa shape index (κ3) is 0.690. The molecule has 0 aromatic carbocycles. The molecular weight excluding hydrogens is 88.1 g/mol. The fourth-order valence-electron chi connectivity index (χ4n) is 0.429. The number of ketones is 1. The van der Waals surface area contributed by atoms with E-state index in [2.05, 4.69) is 11.8 Å². The maximum absolute atomic E-state index is 10.2. The van der Waals surface area contributed by atoms with E-state index in [1.807, 2.05) is 6.92 Å². The summed E-state index contributed by atoms with van der Waals surface area (Å²) in [5.41, 5.74) is 0.866. The molecule has 0 aromatic heterocycles. The summed E-state index contributed by atoms with van der Waals surface area (Å²) in [5.74, 6) is 4.95. The second-order valence-electron chi connectivity index (χ2n) is 1.44. The normalized spacial score (nSPS) is 15.6. The monoisotopic (exact) mass is 92.0 g/mol. The summed E-state index contributed by atoms with van der Waals surface area (Å²) in [6.07, 6.45) is 1.50. The third-order valence-electron chi connectivity index (χ3n) is 0.730. The van der Waals surface area contributed by atoms with E-state index in [4.69, 9.17) is 0 Å². The summed E-state index contributed by atoms with van der Waals surface area (Å²) in [6, 6.07) is 0. The van der Waals surface area contributed by atoms with Crippen LogP contribution in [0, 0.1) is 11.8 Å². The van der Waals surface area contributed by atoms with E-state index < -0.39 is 0 Å². The average Bonchev–Trinajstić information content (AvgIpc) is 1.87. The van der Waals surface area contributed by atoms with E-state index in [0.29, 0.717) is 0 Å². The number of rotatable bonds is 0. The van der Waals surface area contributed by atoms with Crippen LogP contribution in [-0.2, 0) is 4.79 Å². The van der Waals surface area contributed by atoms with Crippen LogP contribution in [0.5, 0.6) is 0 Å². The second kappa shape index (κ2) is 1.23. The summed E-state index contributed by atoms with van der Waals surface area (Å²) in [7, 11) is 0. The zero-order valence-electron chi connectivity index (χ0n) is 3.99. The smallest absolute Gasteiger partial charge is 0.229 e. The van der Waals surface area contributed by atoms with Crippen LogP contribution in [0.2, 0.25) is 0 Å². The predicted molar refractivity (Wildman–Crippen MR) is 26.5 cm³/mol. The fourth-order valence-corrected chi connectivity index (χ4v) is 0.429. The first-order chi connectivity index (χ1) is 3.29. The van der Waals surface area contributed by atoms with Crippen LogP contribution < -0.4 is 0 Å². The van der Waals surface area contributed by atoms with E-state index >= 15 is 0 Å². The fraction of sp³-hybridized carbons (Fsp3) is 0.167. The van der Waals surface area contributed by atoms with Gasteiger partial charge in [-0.1, -0.05) is 5.92 Å². The molecule has 0 atom stereocenters. The van der Waals surface area contributed by atoms with E-state index in [-0.39, 0.29) is 5.78 Å². The maximum atomic E-state index is 10.2. The molecule has 1 aliphatic rings. The lowest BCUT2D eigenvalue weighted by atomic mass is 10.3. The van der Waals surface area contributed by atoms with Gasteiger partial charge in [-0.25, -0.2) is 0 Å². The highest BCUT2D eigenvalue weighted by molar-refractivity contribution is 6.08. The lowest BCUT2D eigenvalue weighted by molar-refractivity contribution is -0.109. The van der Waals surface area contributed by atoms with Gasteiger partial charge in [0.15, 0.2) is 0 Å². The van der Waals surface area contributed by atoms with Gasteiger partial charge < -0.3 is 0 Å². The van der Waals surface area contributed by atoms with Gasteiger partial charge in [-0.15, -0.1) is 0 Å². The SMILES string of the molecule is CC1=CC(=O)C#C1. The molecule has 0 N–H and O–H groups in total. The second-order valence-corrected chi connectivity index (χ2v) is 1.44. The van der Waals surface area contributed by atoms with Gasteiger partial charge in [-0.2, -0.15) is 0 Å². The van der Waals surface area contributed by atoms with Crippen molar-refractivity contribution in [3.8, 4) is 11.8 Å². The van der Waals surface area contributed by atoms with Gasteiger partial charge in [0.2, 0.25) is 5.78 Å². The van der Waals surface area contributed by atoms with Gasteiger partial charge in [0.1, 0.15) is 0 Å². The average molecular weight is 92.1 g/mol. The molecule has 0 heterocycles. The lowest BCUT2D eigenvalue weighted by Crippen LogP contribution is -1.78. The zero-order valence-corrected chi connectivity index (χ0v) is 3.99. The van der Waals surface area contributed by atoms with Crippen molar-refractivity contribution in [1.29, 1.82) is 0 Å². The highest BCUT2D eigenvalue weighted by Gasteiger charge is 1.95. The predicted octanol–water partition coefficient (Wildman–Crippen LogP) is 0.519. The van der Waals surface area contributed by atoms with Crippen LogP contribution in [0.15, 0.2) is 11.6 Å². The summed E-state index contributed by atoms with van der Waals surface area (Å²) >= 11 is 0. The van der Waals surface area contributed by atoms with Crippen molar-refractivity contribution in [2.24, 2.45) is 0 Å². The Morgan fingerprint density at radius 2 is 2.29 bits per heavy atom.